The molecule has 0 fully saturated rings. The molecule has 4 heteroatoms. The van der Waals surface area contributed by atoms with Crippen molar-refractivity contribution >= 4 is 5.82 Å². The summed E-state index contributed by atoms with van der Waals surface area (Å²) >= 11 is 0. The SMILES string of the molecule is CN(CCCN)c1ncnc2c1CCC2. The molecule has 0 aromatic carbocycles. The Balaban J connectivity index is 2.17. The summed E-state index contributed by atoms with van der Waals surface area (Å²) in [6, 6.07) is 0. The molecule has 1 aromatic rings. The highest BCUT2D eigenvalue weighted by atomic mass is 15.2. The molecule has 0 spiro atoms. The Hall–Kier alpha value is -1.16. The molecule has 82 valence electrons. The van der Waals surface area contributed by atoms with Crippen molar-refractivity contribution in [3.8, 4) is 0 Å². The van der Waals surface area contributed by atoms with Gasteiger partial charge < -0.3 is 10.6 Å². The molecular formula is C11H18N4. The van der Waals surface area contributed by atoms with Gasteiger partial charge in [-0.3, -0.25) is 0 Å². The van der Waals surface area contributed by atoms with Crippen LogP contribution in [0.2, 0.25) is 0 Å². The number of nitrogens with zero attached hydrogens (tertiary/aromatic N) is 3. The monoisotopic (exact) mass is 206 g/mol. The van der Waals surface area contributed by atoms with Crippen molar-refractivity contribution in [2.75, 3.05) is 25.0 Å². The van der Waals surface area contributed by atoms with Gasteiger partial charge in [-0.2, -0.15) is 0 Å². The van der Waals surface area contributed by atoms with Gasteiger partial charge in [-0.05, 0) is 32.2 Å². The second kappa shape index (κ2) is 4.57. The Morgan fingerprint density at radius 2 is 2.27 bits per heavy atom. The van der Waals surface area contributed by atoms with Crippen molar-refractivity contribution in [2.45, 2.75) is 25.7 Å². The van der Waals surface area contributed by atoms with Gasteiger partial charge in [0, 0.05) is 24.8 Å². The van der Waals surface area contributed by atoms with Crippen molar-refractivity contribution in [1.29, 1.82) is 0 Å². The Bertz CT molecular complexity index is 337. The van der Waals surface area contributed by atoms with Crippen LogP contribution in [0.1, 0.15) is 24.1 Å². The van der Waals surface area contributed by atoms with Crippen molar-refractivity contribution in [2.24, 2.45) is 5.73 Å². The van der Waals surface area contributed by atoms with Gasteiger partial charge in [-0.1, -0.05) is 0 Å². The molecule has 4 nitrogen and oxygen atoms in total. The minimum Gasteiger partial charge on any atom is -0.359 e. The average Bonchev–Trinajstić information content (AvgIpc) is 2.73. The van der Waals surface area contributed by atoms with E-state index in [4.69, 9.17) is 5.73 Å². The molecule has 0 bridgehead atoms. The van der Waals surface area contributed by atoms with Crippen LogP contribution in [0.3, 0.4) is 0 Å². The maximum atomic E-state index is 5.51. The molecule has 1 aliphatic rings. The molecule has 0 amide bonds. The van der Waals surface area contributed by atoms with Crippen LogP contribution in [0.15, 0.2) is 6.33 Å². The lowest BCUT2D eigenvalue weighted by atomic mass is 10.2. The summed E-state index contributed by atoms with van der Waals surface area (Å²) in [5.74, 6) is 1.10. The smallest absolute Gasteiger partial charge is 0.135 e. The highest BCUT2D eigenvalue weighted by Crippen LogP contribution is 2.26. The maximum Gasteiger partial charge on any atom is 0.135 e. The quantitative estimate of drug-likeness (QED) is 0.790. The summed E-state index contributed by atoms with van der Waals surface area (Å²) in [6.07, 6.45) is 6.13. The number of anilines is 1. The second-order valence-electron chi connectivity index (χ2n) is 4.04. The highest BCUT2D eigenvalue weighted by Gasteiger charge is 2.18. The van der Waals surface area contributed by atoms with E-state index in [1.54, 1.807) is 6.33 Å². The van der Waals surface area contributed by atoms with E-state index in [0.717, 1.165) is 38.2 Å². The van der Waals surface area contributed by atoms with Crippen LogP contribution >= 0.6 is 0 Å². The molecule has 1 aromatic heterocycles. The van der Waals surface area contributed by atoms with E-state index in [1.165, 1.54) is 17.7 Å². The standard InChI is InChI=1S/C11H18N4/c1-15(7-3-6-12)11-9-4-2-5-10(9)13-8-14-11/h8H,2-7,12H2,1H3. The Morgan fingerprint density at radius 1 is 1.40 bits per heavy atom. The van der Waals surface area contributed by atoms with Gasteiger partial charge in [0.1, 0.15) is 12.1 Å². The molecule has 0 saturated carbocycles. The van der Waals surface area contributed by atoms with E-state index in [2.05, 4.69) is 21.9 Å². The predicted octanol–water partition coefficient (Wildman–Crippen LogP) is 0.750. The molecular weight excluding hydrogens is 188 g/mol. The van der Waals surface area contributed by atoms with Gasteiger partial charge in [0.2, 0.25) is 0 Å². The van der Waals surface area contributed by atoms with Crippen LogP contribution in [0.25, 0.3) is 0 Å². The van der Waals surface area contributed by atoms with E-state index in [9.17, 15) is 0 Å². The fourth-order valence-electron chi connectivity index (χ4n) is 2.11. The normalized spacial score (nSPS) is 14.0. The average molecular weight is 206 g/mol. The Labute approximate surface area is 90.5 Å². The molecule has 2 N–H and O–H groups in total. The molecule has 0 radical (unpaired) electrons. The lowest BCUT2D eigenvalue weighted by Gasteiger charge is -2.20. The number of hydrogen-bond acceptors (Lipinski definition) is 4. The maximum absolute atomic E-state index is 5.51. The third-order valence-corrected chi connectivity index (χ3v) is 2.91. The van der Waals surface area contributed by atoms with Crippen LogP contribution in [0.4, 0.5) is 5.82 Å². The summed E-state index contributed by atoms with van der Waals surface area (Å²) in [5, 5.41) is 0. The predicted molar refractivity (Wildman–Crippen MR) is 61.0 cm³/mol. The third-order valence-electron chi connectivity index (χ3n) is 2.91. The first-order valence-electron chi connectivity index (χ1n) is 5.57. The molecule has 1 aliphatic carbocycles. The van der Waals surface area contributed by atoms with Gasteiger partial charge >= 0.3 is 0 Å². The van der Waals surface area contributed by atoms with Crippen molar-refractivity contribution in [3.63, 3.8) is 0 Å². The number of aryl methyl sites for hydroxylation is 1. The van der Waals surface area contributed by atoms with E-state index < -0.39 is 0 Å². The highest BCUT2D eigenvalue weighted by molar-refractivity contribution is 5.49. The first kappa shape index (κ1) is 10.4. The zero-order valence-corrected chi connectivity index (χ0v) is 9.24. The molecule has 0 aliphatic heterocycles. The minimum absolute atomic E-state index is 0.734. The van der Waals surface area contributed by atoms with Crippen molar-refractivity contribution < 1.29 is 0 Å². The summed E-state index contributed by atoms with van der Waals surface area (Å²) in [7, 11) is 2.08. The van der Waals surface area contributed by atoms with Crippen molar-refractivity contribution in [3.05, 3.63) is 17.6 Å². The van der Waals surface area contributed by atoms with Gasteiger partial charge in [0.15, 0.2) is 0 Å². The molecule has 2 rings (SSSR count). The molecule has 15 heavy (non-hydrogen) atoms. The molecule has 0 atom stereocenters. The fourth-order valence-corrected chi connectivity index (χ4v) is 2.11. The van der Waals surface area contributed by atoms with Gasteiger partial charge in [0.05, 0.1) is 0 Å². The van der Waals surface area contributed by atoms with E-state index in [-0.39, 0.29) is 0 Å². The topological polar surface area (TPSA) is 55.0 Å². The summed E-state index contributed by atoms with van der Waals surface area (Å²) in [6.45, 7) is 1.71. The lowest BCUT2D eigenvalue weighted by Crippen LogP contribution is -2.23. The third kappa shape index (κ3) is 2.09. The van der Waals surface area contributed by atoms with E-state index in [1.807, 2.05) is 0 Å². The summed E-state index contributed by atoms with van der Waals surface area (Å²) < 4.78 is 0. The minimum atomic E-state index is 0.734. The van der Waals surface area contributed by atoms with Crippen LogP contribution in [-0.2, 0) is 12.8 Å². The molecule has 0 unspecified atom stereocenters. The van der Waals surface area contributed by atoms with Crippen LogP contribution in [0.5, 0.6) is 0 Å². The largest absolute Gasteiger partial charge is 0.359 e. The zero-order valence-electron chi connectivity index (χ0n) is 9.24. The Morgan fingerprint density at radius 3 is 3.07 bits per heavy atom. The van der Waals surface area contributed by atoms with E-state index in [0.29, 0.717) is 0 Å². The first-order chi connectivity index (χ1) is 7.33. The first-order valence-corrected chi connectivity index (χ1v) is 5.57. The van der Waals surface area contributed by atoms with Gasteiger partial charge in [0.25, 0.3) is 0 Å². The fraction of sp³-hybridized carbons (Fsp3) is 0.636. The number of fused-ring (bicyclic) bond motifs is 1. The molecule has 1 heterocycles. The summed E-state index contributed by atoms with van der Waals surface area (Å²) in [4.78, 5) is 10.9. The second-order valence-corrected chi connectivity index (χ2v) is 4.04. The van der Waals surface area contributed by atoms with Gasteiger partial charge in [-0.25, -0.2) is 9.97 Å². The summed E-state index contributed by atoms with van der Waals surface area (Å²) in [5.41, 5.74) is 8.09. The Kier molecular flexibility index (Phi) is 3.16. The van der Waals surface area contributed by atoms with Crippen molar-refractivity contribution in [1.82, 2.24) is 9.97 Å². The number of nitrogens with two attached hydrogens (primary N) is 1. The van der Waals surface area contributed by atoms with Crippen LogP contribution in [-0.4, -0.2) is 30.1 Å². The number of hydrogen-bond donors (Lipinski definition) is 1. The van der Waals surface area contributed by atoms with Crippen LogP contribution < -0.4 is 10.6 Å². The lowest BCUT2D eigenvalue weighted by molar-refractivity contribution is 0.779. The zero-order chi connectivity index (χ0) is 10.7. The van der Waals surface area contributed by atoms with E-state index >= 15 is 0 Å². The number of rotatable bonds is 4. The van der Waals surface area contributed by atoms with Gasteiger partial charge in [-0.15, -0.1) is 0 Å². The number of aromatic nitrogens is 2. The molecule has 0 saturated heterocycles. The van der Waals surface area contributed by atoms with Crippen LogP contribution in [0, 0.1) is 0 Å².